The van der Waals surface area contributed by atoms with Crippen LogP contribution in [0.3, 0.4) is 0 Å². The zero-order valence-corrected chi connectivity index (χ0v) is 17.5. The number of rotatable bonds is 4. The van der Waals surface area contributed by atoms with Crippen LogP contribution in [-0.2, 0) is 16.1 Å². The number of benzene rings is 2. The van der Waals surface area contributed by atoms with Gasteiger partial charge in [0.05, 0.1) is 16.0 Å². The lowest BCUT2D eigenvalue weighted by atomic mass is 9.77. The van der Waals surface area contributed by atoms with E-state index in [-0.39, 0.29) is 17.2 Å². The Morgan fingerprint density at radius 3 is 2.60 bits per heavy atom. The number of nitrogens with zero attached hydrogens (tertiary/aromatic N) is 1. The van der Waals surface area contributed by atoms with Crippen molar-refractivity contribution in [2.24, 2.45) is 5.73 Å². The molecule has 2 aliphatic rings. The van der Waals surface area contributed by atoms with Crippen LogP contribution in [0.25, 0.3) is 0 Å². The fourth-order valence-electron chi connectivity index (χ4n) is 3.74. The first-order valence-electron chi connectivity index (χ1n) is 9.48. The molecule has 2 N–H and O–H groups in total. The van der Waals surface area contributed by atoms with E-state index >= 15 is 0 Å². The molecule has 1 atom stereocenters. The average Bonchev–Trinajstić information content (AvgIpc) is 2.74. The van der Waals surface area contributed by atoms with Crippen LogP contribution < -0.4 is 10.5 Å². The topological polar surface area (TPSA) is 85.3 Å². The van der Waals surface area contributed by atoms with Gasteiger partial charge in [-0.3, -0.25) is 4.79 Å². The second-order valence-electron chi connectivity index (χ2n) is 7.14. The summed E-state index contributed by atoms with van der Waals surface area (Å²) in [5.41, 5.74) is 8.46. The monoisotopic (exact) mass is 440 g/mol. The number of allylic oxidation sites excluding steroid dienone is 3. The Labute approximate surface area is 184 Å². The molecule has 0 amide bonds. The zero-order chi connectivity index (χ0) is 21.3. The van der Waals surface area contributed by atoms with Gasteiger partial charge in [-0.25, -0.2) is 0 Å². The summed E-state index contributed by atoms with van der Waals surface area (Å²) in [5.74, 6) is 0.775. The van der Waals surface area contributed by atoms with Gasteiger partial charge in [0, 0.05) is 18.4 Å². The van der Waals surface area contributed by atoms with Crippen LogP contribution in [0, 0.1) is 11.3 Å². The van der Waals surface area contributed by atoms with Gasteiger partial charge in [-0.1, -0.05) is 41.4 Å². The van der Waals surface area contributed by atoms with E-state index < -0.39 is 5.92 Å². The maximum Gasteiger partial charge on any atom is 0.205 e. The number of Topliss-reactive ketones (excluding diaryl/α,β-unsaturated/α-hetero) is 1. The Morgan fingerprint density at radius 1 is 1.13 bits per heavy atom. The van der Waals surface area contributed by atoms with Gasteiger partial charge in [-0.2, -0.15) is 5.26 Å². The molecule has 5 nitrogen and oxygen atoms in total. The predicted octanol–water partition coefficient (Wildman–Crippen LogP) is 5.39. The van der Waals surface area contributed by atoms with E-state index in [0.29, 0.717) is 46.6 Å². The first-order valence-corrected chi connectivity index (χ1v) is 10.2. The van der Waals surface area contributed by atoms with Crippen LogP contribution in [0.2, 0.25) is 10.0 Å². The SMILES string of the molecule is N#CC1=C(N)OC2=C(C(=O)CCC2)[C@@H]1c1ccc(OCc2ccc(Cl)c(Cl)c2)cc1. The Balaban J connectivity index is 1.58. The van der Waals surface area contributed by atoms with Crippen molar-refractivity contribution in [2.45, 2.75) is 31.8 Å². The van der Waals surface area contributed by atoms with Crippen molar-refractivity contribution < 1.29 is 14.3 Å². The molecule has 7 heteroatoms. The molecule has 2 aromatic rings. The van der Waals surface area contributed by atoms with Crippen LogP contribution in [0.1, 0.15) is 36.3 Å². The van der Waals surface area contributed by atoms with Gasteiger partial charge in [-0.05, 0) is 41.8 Å². The molecule has 0 unspecified atom stereocenters. The minimum absolute atomic E-state index is 0.00134. The molecule has 0 radical (unpaired) electrons. The van der Waals surface area contributed by atoms with E-state index in [2.05, 4.69) is 6.07 Å². The lowest BCUT2D eigenvalue weighted by molar-refractivity contribution is -0.116. The summed E-state index contributed by atoms with van der Waals surface area (Å²) in [6.45, 7) is 0.331. The molecule has 1 heterocycles. The number of hydrogen-bond acceptors (Lipinski definition) is 5. The summed E-state index contributed by atoms with van der Waals surface area (Å²) in [5, 5.41) is 10.6. The van der Waals surface area contributed by atoms with Crippen LogP contribution in [-0.4, -0.2) is 5.78 Å². The average molecular weight is 441 g/mol. The Morgan fingerprint density at radius 2 is 1.90 bits per heavy atom. The highest BCUT2D eigenvalue weighted by Gasteiger charge is 2.37. The van der Waals surface area contributed by atoms with Crippen molar-refractivity contribution >= 4 is 29.0 Å². The molecule has 30 heavy (non-hydrogen) atoms. The highest BCUT2D eigenvalue weighted by molar-refractivity contribution is 6.42. The fourth-order valence-corrected chi connectivity index (χ4v) is 4.06. The van der Waals surface area contributed by atoms with Crippen molar-refractivity contribution in [1.82, 2.24) is 0 Å². The second-order valence-corrected chi connectivity index (χ2v) is 7.96. The molecule has 0 bridgehead atoms. The minimum atomic E-state index is -0.518. The number of carbonyl (C=O) groups excluding carboxylic acids is 1. The molecule has 1 aliphatic carbocycles. The van der Waals surface area contributed by atoms with Gasteiger partial charge in [0.1, 0.15) is 29.8 Å². The summed E-state index contributed by atoms with van der Waals surface area (Å²) < 4.78 is 11.4. The van der Waals surface area contributed by atoms with E-state index in [1.54, 1.807) is 24.3 Å². The molecule has 0 spiro atoms. The highest BCUT2D eigenvalue weighted by Crippen LogP contribution is 2.43. The molecule has 0 saturated carbocycles. The third kappa shape index (κ3) is 3.89. The number of carbonyl (C=O) groups is 1. The van der Waals surface area contributed by atoms with Crippen molar-refractivity contribution in [3.63, 3.8) is 0 Å². The normalized spacial score (nSPS) is 18.6. The fraction of sp³-hybridized carbons (Fsp3) is 0.217. The number of nitriles is 1. The van der Waals surface area contributed by atoms with E-state index in [1.807, 2.05) is 18.2 Å². The number of hydrogen-bond donors (Lipinski definition) is 1. The van der Waals surface area contributed by atoms with E-state index in [4.69, 9.17) is 38.4 Å². The standard InChI is InChI=1S/C23H18Cl2N2O3/c24-17-9-4-13(10-18(17)25)12-29-15-7-5-14(6-8-15)21-16(11-26)23(27)30-20-3-1-2-19(28)22(20)21/h4-10,21H,1-3,12,27H2/t21-/m1/s1. The van der Waals surface area contributed by atoms with Gasteiger partial charge >= 0.3 is 0 Å². The van der Waals surface area contributed by atoms with Gasteiger partial charge in [0.2, 0.25) is 5.88 Å². The molecular weight excluding hydrogens is 423 g/mol. The van der Waals surface area contributed by atoms with E-state index in [9.17, 15) is 10.1 Å². The molecule has 2 aromatic carbocycles. The summed E-state index contributed by atoms with van der Waals surface area (Å²) in [7, 11) is 0. The quantitative estimate of drug-likeness (QED) is 0.688. The summed E-state index contributed by atoms with van der Waals surface area (Å²) in [6.07, 6.45) is 1.81. The molecule has 152 valence electrons. The third-order valence-electron chi connectivity index (χ3n) is 5.21. The molecule has 4 rings (SSSR count). The van der Waals surface area contributed by atoms with Crippen molar-refractivity contribution in [1.29, 1.82) is 5.26 Å². The third-order valence-corrected chi connectivity index (χ3v) is 5.95. The first kappa shape index (κ1) is 20.3. The number of halogens is 2. The molecule has 0 aromatic heterocycles. The van der Waals surface area contributed by atoms with E-state index in [0.717, 1.165) is 17.5 Å². The van der Waals surface area contributed by atoms with Crippen LogP contribution >= 0.6 is 23.2 Å². The number of ketones is 1. The Kier molecular flexibility index (Phi) is 5.72. The molecule has 0 saturated heterocycles. The van der Waals surface area contributed by atoms with Crippen molar-refractivity contribution in [2.75, 3.05) is 0 Å². The zero-order valence-electron chi connectivity index (χ0n) is 16.0. The van der Waals surface area contributed by atoms with E-state index in [1.165, 1.54) is 0 Å². The lowest BCUT2D eigenvalue weighted by Gasteiger charge is -2.31. The smallest absolute Gasteiger partial charge is 0.205 e. The molecule has 0 fully saturated rings. The summed E-state index contributed by atoms with van der Waals surface area (Å²) in [6, 6.07) is 14.8. The Hall–Kier alpha value is -2.94. The van der Waals surface area contributed by atoms with Gasteiger partial charge in [-0.15, -0.1) is 0 Å². The number of nitrogens with two attached hydrogens (primary N) is 1. The minimum Gasteiger partial charge on any atom is -0.489 e. The largest absolute Gasteiger partial charge is 0.489 e. The van der Waals surface area contributed by atoms with Crippen LogP contribution in [0.5, 0.6) is 5.75 Å². The second kappa shape index (κ2) is 8.43. The van der Waals surface area contributed by atoms with Gasteiger partial charge in [0.25, 0.3) is 0 Å². The highest BCUT2D eigenvalue weighted by atomic mass is 35.5. The maximum atomic E-state index is 12.6. The summed E-state index contributed by atoms with van der Waals surface area (Å²) in [4.78, 5) is 12.6. The maximum absolute atomic E-state index is 12.6. The first-order chi connectivity index (χ1) is 14.5. The van der Waals surface area contributed by atoms with Gasteiger partial charge in [0.15, 0.2) is 5.78 Å². The Bertz CT molecular complexity index is 1110. The van der Waals surface area contributed by atoms with Crippen molar-refractivity contribution in [3.8, 4) is 11.8 Å². The van der Waals surface area contributed by atoms with Crippen LogP contribution in [0.15, 0.2) is 65.3 Å². The predicted molar refractivity (Wildman–Crippen MR) is 114 cm³/mol. The van der Waals surface area contributed by atoms with Gasteiger partial charge < -0.3 is 15.2 Å². The number of ether oxygens (including phenoxy) is 2. The molecule has 1 aliphatic heterocycles. The molecular formula is C23H18Cl2N2O3. The van der Waals surface area contributed by atoms with Crippen molar-refractivity contribution in [3.05, 3.63) is 86.4 Å². The summed E-state index contributed by atoms with van der Waals surface area (Å²) >= 11 is 12.0. The van der Waals surface area contributed by atoms with Crippen LogP contribution in [0.4, 0.5) is 0 Å². The lowest BCUT2D eigenvalue weighted by Crippen LogP contribution is -2.27.